The SMILES string of the molecule is COC(=O)c1ccc2c(c1)c(CCC1CCCCC1)c(I)n2CCC#N. The summed E-state index contributed by atoms with van der Waals surface area (Å²) in [4.78, 5) is 12.0. The molecule has 0 aliphatic heterocycles. The molecule has 0 bridgehead atoms. The van der Waals surface area contributed by atoms with E-state index in [2.05, 4.69) is 33.2 Å². The molecule has 0 radical (unpaired) electrons. The van der Waals surface area contributed by atoms with Crippen LogP contribution in [0.25, 0.3) is 10.9 Å². The number of nitriles is 1. The van der Waals surface area contributed by atoms with E-state index in [-0.39, 0.29) is 5.97 Å². The summed E-state index contributed by atoms with van der Waals surface area (Å²) in [6.07, 6.45) is 9.51. The fourth-order valence-electron chi connectivity index (χ4n) is 4.08. The Labute approximate surface area is 168 Å². The van der Waals surface area contributed by atoms with Gasteiger partial charge in [0.15, 0.2) is 0 Å². The maximum absolute atomic E-state index is 12.0. The van der Waals surface area contributed by atoms with E-state index < -0.39 is 0 Å². The lowest BCUT2D eigenvalue weighted by Crippen LogP contribution is -2.08. The largest absolute Gasteiger partial charge is 0.465 e. The van der Waals surface area contributed by atoms with Crippen LogP contribution in [-0.4, -0.2) is 17.6 Å². The quantitative estimate of drug-likeness (QED) is 0.422. The van der Waals surface area contributed by atoms with Crippen molar-refractivity contribution in [3.05, 3.63) is 33.0 Å². The number of nitrogens with zero attached hydrogens (tertiary/aromatic N) is 2. The molecule has 1 heterocycles. The summed E-state index contributed by atoms with van der Waals surface area (Å²) in [5.74, 6) is 0.519. The Morgan fingerprint density at radius 2 is 2.12 bits per heavy atom. The molecule has 1 aliphatic carbocycles. The number of esters is 1. The Bertz CT molecular complexity index is 829. The Hall–Kier alpha value is -1.55. The maximum atomic E-state index is 12.0. The summed E-state index contributed by atoms with van der Waals surface area (Å²) in [5.41, 5.74) is 3.01. The van der Waals surface area contributed by atoms with E-state index in [1.54, 1.807) is 0 Å². The molecule has 0 spiro atoms. The maximum Gasteiger partial charge on any atom is 0.337 e. The summed E-state index contributed by atoms with van der Waals surface area (Å²) in [6.45, 7) is 0.687. The molecule has 138 valence electrons. The van der Waals surface area contributed by atoms with Crippen LogP contribution in [0.4, 0.5) is 0 Å². The van der Waals surface area contributed by atoms with Crippen molar-refractivity contribution in [1.82, 2.24) is 4.57 Å². The van der Waals surface area contributed by atoms with Gasteiger partial charge in [0.2, 0.25) is 0 Å². The van der Waals surface area contributed by atoms with Crippen LogP contribution in [0.2, 0.25) is 0 Å². The number of hydrogen-bond donors (Lipinski definition) is 0. The van der Waals surface area contributed by atoms with Gasteiger partial charge in [-0.2, -0.15) is 5.26 Å². The number of aromatic nitrogens is 1. The van der Waals surface area contributed by atoms with Gasteiger partial charge < -0.3 is 9.30 Å². The molecule has 1 saturated carbocycles. The second kappa shape index (κ2) is 8.90. The zero-order valence-electron chi connectivity index (χ0n) is 15.3. The minimum absolute atomic E-state index is 0.301. The lowest BCUT2D eigenvalue weighted by Gasteiger charge is -2.21. The second-order valence-corrected chi connectivity index (χ2v) is 8.12. The highest BCUT2D eigenvalue weighted by atomic mass is 127. The van der Waals surface area contributed by atoms with Crippen LogP contribution in [-0.2, 0) is 17.7 Å². The Morgan fingerprint density at radius 1 is 1.35 bits per heavy atom. The second-order valence-electron chi connectivity index (χ2n) is 7.10. The van der Waals surface area contributed by atoms with Gasteiger partial charge in [-0.25, -0.2) is 4.79 Å². The number of aryl methyl sites for hydroxylation is 2. The van der Waals surface area contributed by atoms with E-state index in [1.807, 2.05) is 18.2 Å². The van der Waals surface area contributed by atoms with Crippen molar-refractivity contribution in [2.24, 2.45) is 5.92 Å². The highest BCUT2D eigenvalue weighted by molar-refractivity contribution is 14.1. The van der Waals surface area contributed by atoms with E-state index in [9.17, 15) is 4.79 Å². The molecule has 0 amide bonds. The van der Waals surface area contributed by atoms with Crippen LogP contribution in [0.3, 0.4) is 0 Å². The fraction of sp³-hybridized carbons (Fsp3) is 0.524. The summed E-state index contributed by atoms with van der Waals surface area (Å²) < 4.78 is 8.31. The molecule has 5 heteroatoms. The van der Waals surface area contributed by atoms with Crippen LogP contribution in [0.5, 0.6) is 0 Å². The van der Waals surface area contributed by atoms with Crippen molar-refractivity contribution >= 4 is 39.5 Å². The van der Waals surface area contributed by atoms with Gasteiger partial charge in [0.25, 0.3) is 0 Å². The first kappa shape index (κ1) is 19.2. The van der Waals surface area contributed by atoms with Crippen molar-refractivity contribution in [3.8, 4) is 6.07 Å². The van der Waals surface area contributed by atoms with Gasteiger partial charge in [-0.3, -0.25) is 0 Å². The number of carbonyl (C=O) groups excluding carboxylic acids is 1. The van der Waals surface area contributed by atoms with Crippen molar-refractivity contribution in [2.45, 2.75) is 57.9 Å². The first-order valence-corrected chi connectivity index (χ1v) is 10.5. The van der Waals surface area contributed by atoms with Crippen molar-refractivity contribution in [1.29, 1.82) is 5.26 Å². The van der Waals surface area contributed by atoms with Gasteiger partial charge in [-0.1, -0.05) is 32.1 Å². The lowest BCUT2D eigenvalue weighted by molar-refractivity contribution is 0.0601. The van der Waals surface area contributed by atoms with Gasteiger partial charge in [-0.15, -0.1) is 0 Å². The first-order valence-electron chi connectivity index (χ1n) is 9.41. The number of carbonyl (C=O) groups is 1. The molecule has 4 nitrogen and oxygen atoms in total. The highest BCUT2D eigenvalue weighted by Crippen LogP contribution is 2.33. The van der Waals surface area contributed by atoms with Crippen LogP contribution < -0.4 is 0 Å². The molecule has 1 aliphatic rings. The minimum Gasteiger partial charge on any atom is -0.465 e. The molecule has 0 N–H and O–H groups in total. The van der Waals surface area contributed by atoms with Gasteiger partial charge in [-0.05, 0) is 65.1 Å². The molecule has 1 aromatic carbocycles. The predicted octanol–water partition coefficient (Wildman–Crippen LogP) is 5.46. The molecule has 0 atom stereocenters. The zero-order chi connectivity index (χ0) is 18.5. The standard InChI is InChI=1S/C21H25IN2O2/c1-26-21(25)16-9-11-19-18(14-16)17(20(22)24(19)13-5-12-23)10-8-15-6-3-2-4-7-15/h9,11,14-15H,2-8,10,13H2,1H3. The molecule has 1 fully saturated rings. The van der Waals surface area contributed by atoms with E-state index in [0.717, 1.165) is 23.2 Å². The topological polar surface area (TPSA) is 55.0 Å². The number of rotatable bonds is 6. The fourth-order valence-corrected chi connectivity index (χ4v) is 5.14. The van der Waals surface area contributed by atoms with Gasteiger partial charge >= 0.3 is 5.97 Å². The van der Waals surface area contributed by atoms with E-state index >= 15 is 0 Å². The van der Waals surface area contributed by atoms with Gasteiger partial charge in [0.05, 0.1) is 28.9 Å². The summed E-state index contributed by atoms with van der Waals surface area (Å²) in [5, 5.41) is 10.1. The zero-order valence-corrected chi connectivity index (χ0v) is 17.4. The number of benzene rings is 1. The molecule has 2 aromatic rings. The molecule has 26 heavy (non-hydrogen) atoms. The summed E-state index contributed by atoms with van der Waals surface area (Å²) in [6, 6.07) is 8.01. The lowest BCUT2D eigenvalue weighted by atomic mass is 9.85. The first-order chi connectivity index (χ1) is 12.7. The van der Waals surface area contributed by atoms with Crippen LogP contribution in [0.15, 0.2) is 18.2 Å². The Morgan fingerprint density at radius 3 is 2.81 bits per heavy atom. The molecule has 0 unspecified atom stereocenters. The van der Waals surface area contributed by atoms with Crippen LogP contribution in [0, 0.1) is 20.9 Å². The summed E-state index contributed by atoms with van der Waals surface area (Å²) >= 11 is 2.40. The van der Waals surface area contributed by atoms with Crippen molar-refractivity contribution in [2.75, 3.05) is 7.11 Å². The summed E-state index contributed by atoms with van der Waals surface area (Å²) in [7, 11) is 1.42. The number of halogens is 1. The third-order valence-electron chi connectivity index (χ3n) is 5.49. The molecule has 3 rings (SSSR count). The Kier molecular flexibility index (Phi) is 6.58. The Balaban J connectivity index is 1.96. The highest BCUT2D eigenvalue weighted by Gasteiger charge is 2.20. The molecule has 0 saturated heterocycles. The smallest absolute Gasteiger partial charge is 0.337 e. The monoisotopic (exact) mass is 464 g/mol. The number of methoxy groups -OCH3 is 1. The van der Waals surface area contributed by atoms with Gasteiger partial charge in [0.1, 0.15) is 0 Å². The third-order valence-corrected chi connectivity index (χ3v) is 6.73. The van der Waals surface area contributed by atoms with Crippen molar-refractivity contribution in [3.63, 3.8) is 0 Å². The van der Waals surface area contributed by atoms with Crippen molar-refractivity contribution < 1.29 is 9.53 Å². The van der Waals surface area contributed by atoms with E-state index in [0.29, 0.717) is 18.5 Å². The average Bonchev–Trinajstić information content (AvgIpc) is 2.95. The van der Waals surface area contributed by atoms with Crippen LogP contribution in [0.1, 0.15) is 60.9 Å². The number of fused-ring (bicyclic) bond motifs is 1. The molecule has 1 aromatic heterocycles. The third kappa shape index (κ3) is 4.06. The predicted molar refractivity (Wildman–Crippen MR) is 111 cm³/mol. The van der Waals surface area contributed by atoms with Gasteiger partial charge in [0, 0.05) is 17.4 Å². The number of hydrogen-bond acceptors (Lipinski definition) is 3. The van der Waals surface area contributed by atoms with E-state index in [4.69, 9.17) is 10.00 Å². The average molecular weight is 464 g/mol. The number of ether oxygens (including phenoxy) is 1. The van der Waals surface area contributed by atoms with Crippen LogP contribution >= 0.6 is 22.6 Å². The molecular weight excluding hydrogens is 439 g/mol. The minimum atomic E-state index is -0.301. The normalized spacial score (nSPS) is 15.1. The van der Waals surface area contributed by atoms with E-state index in [1.165, 1.54) is 54.9 Å². The molecular formula is C21H25IN2O2.